The lowest BCUT2D eigenvalue weighted by Crippen LogP contribution is -2.24. The monoisotopic (exact) mass is 346 g/mol. The standard InChI is InChI=1S/C15H15BrN4O/c1-19-13(11-3-2-4-12(16)9-11)18-20(14(19)21)8-7-15(10-17)5-6-15/h2-4,9H,5-8H2,1H3. The van der Waals surface area contributed by atoms with Crippen molar-refractivity contribution in [2.24, 2.45) is 12.5 Å². The summed E-state index contributed by atoms with van der Waals surface area (Å²) in [6.07, 6.45) is 2.56. The first-order valence-corrected chi connectivity index (χ1v) is 7.65. The summed E-state index contributed by atoms with van der Waals surface area (Å²) in [6.45, 7) is 0.494. The van der Waals surface area contributed by atoms with Crippen molar-refractivity contribution in [3.05, 3.63) is 39.2 Å². The molecule has 1 aliphatic rings. The normalized spacial score (nSPS) is 15.7. The minimum atomic E-state index is -0.215. The number of nitrogens with zero attached hydrogens (tertiary/aromatic N) is 4. The predicted octanol–water partition coefficient (Wildman–Crippen LogP) is 2.71. The van der Waals surface area contributed by atoms with E-state index in [1.54, 1.807) is 11.6 Å². The van der Waals surface area contributed by atoms with Crippen molar-refractivity contribution >= 4 is 15.9 Å². The van der Waals surface area contributed by atoms with E-state index >= 15 is 0 Å². The largest absolute Gasteiger partial charge is 0.345 e. The third kappa shape index (κ3) is 2.66. The van der Waals surface area contributed by atoms with Gasteiger partial charge in [0.25, 0.3) is 0 Å². The maximum absolute atomic E-state index is 12.2. The van der Waals surface area contributed by atoms with Gasteiger partial charge >= 0.3 is 5.69 Å². The van der Waals surface area contributed by atoms with Gasteiger partial charge in [-0.3, -0.25) is 4.57 Å². The van der Waals surface area contributed by atoms with Crippen molar-refractivity contribution < 1.29 is 0 Å². The third-order valence-electron chi connectivity index (χ3n) is 4.02. The Labute approximate surface area is 130 Å². The molecule has 1 aliphatic carbocycles. The molecule has 0 radical (unpaired) electrons. The Balaban J connectivity index is 1.89. The van der Waals surface area contributed by atoms with Crippen LogP contribution in [-0.2, 0) is 13.6 Å². The average molecular weight is 347 g/mol. The van der Waals surface area contributed by atoms with Crippen LogP contribution in [0.25, 0.3) is 11.4 Å². The van der Waals surface area contributed by atoms with Gasteiger partial charge in [0.05, 0.1) is 11.5 Å². The molecule has 0 saturated heterocycles. The van der Waals surface area contributed by atoms with Gasteiger partial charge < -0.3 is 0 Å². The third-order valence-corrected chi connectivity index (χ3v) is 4.51. The van der Waals surface area contributed by atoms with Gasteiger partial charge in [-0.25, -0.2) is 9.48 Å². The minimum absolute atomic E-state index is 0.140. The van der Waals surface area contributed by atoms with E-state index in [0.29, 0.717) is 18.8 Å². The molecule has 0 aliphatic heterocycles. The van der Waals surface area contributed by atoms with Crippen LogP contribution in [0.3, 0.4) is 0 Å². The minimum Gasteiger partial charge on any atom is -0.278 e. The molecule has 0 N–H and O–H groups in total. The quantitative estimate of drug-likeness (QED) is 0.854. The van der Waals surface area contributed by atoms with Crippen LogP contribution in [0.1, 0.15) is 19.3 Å². The Morgan fingerprint density at radius 1 is 1.48 bits per heavy atom. The first-order chi connectivity index (χ1) is 10.0. The van der Waals surface area contributed by atoms with Crippen molar-refractivity contribution in [2.45, 2.75) is 25.8 Å². The van der Waals surface area contributed by atoms with Crippen LogP contribution in [0.15, 0.2) is 33.5 Å². The number of hydrogen-bond donors (Lipinski definition) is 0. The highest BCUT2D eigenvalue weighted by molar-refractivity contribution is 9.10. The molecule has 1 aromatic heterocycles. The van der Waals surface area contributed by atoms with Crippen LogP contribution < -0.4 is 5.69 Å². The van der Waals surface area contributed by atoms with E-state index in [1.165, 1.54) is 4.68 Å². The van der Waals surface area contributed by atoms with Crippen LogP contribution in [0.2, 0.25) is 0 Å². The van der Waals surface area contributed by atoms with E-state index in [0.717, 1.165) is 22.9 Å². The molecular weight excluding hydrogens is 332 g/mol. The fourth-order valence-corrected chi connectivity index (χ4v) is 2.80. The van der Waals surface area contributed by atoms with Gasteiger partial charge in [-0.15, -0.1) is 5.10 Å². The summed E-state index contributed by atoms with van der Waals surface area (Å²) in [5.41, 5.74) is 0.537. The highest BCUT2D eigenvalue weighted by Gasteiger charge is 2.42. The highest BCUT2D eigenvalue weighted by Crippen LogP contribution is 2.48. The van der Waals surface area contributed by atoms with E-state index < -0.39 is 0 Å². The molecule has 0 amide bonds. The number of benzene rings is 1. The van der Waals surface area contributed by atoms with E-state index in [1.807, 2.05) is 24.3 Å². The number of halogens is 1. The van der Waals surface area contributed by atoms with Gasteiger partial charge in [-0.05, 0) is 31.4 Å². The molecule has 108 valence electrons. The molecule has 0 spiro atoms. The van der Waals surface area contributed by atoms with E-state index in [-0.39, 0.29) is 11.1 Å². The molecule has 0 atom stereocenters. The van der Waals surface area contributed by atoms with Crippen LogP contribution in [0.4, 0.5) is 0 Å². The van der Waals surface area contributed by atoms with E-state index in [4.69, 9.17) is 5.26 Å². The van der Waals surface area contributed by atoms with Crippen LogP contribution in [-0.4, -0.2) is 14.3 Å². The van der Waals surface area contributed by atoms with Crippen LogP contribution in [0, 0.1) is 16.7 Å². The number of rotatable bonds is 4. The highest BCUT2D eigenvalue weighted by atomic mass is 79.9. The maximum atomic E-state index is 12.2. The van der Waals surface area contributed by atoms with Gasteiger partial charge in [0, 0.05) is 23.6 Å². The maximum Gasteiger partial charge on any atom is 0.345 e. The van der Waals surface area contributed by atoms with Crippen molar-refractivity contribution in [2.75, 3.05) is 0 Å². The molecule has 21 heavy (non-hydrogen) atoms. The van der Waals surface area contributed by atoms with Crippen LogP contribution >= 0.6 is 15.9 Å². The Kier molecular flexibility index (Phi) is 3.46. The van der Waals surface area contributed by atoms with E-state index in [2.05, 4.69) is 27.1 Å². The molecule has 0 unspecified atom stereocenters. The average Bonchev–Trinajstić information content (AvgIpc) is 3.21. The fraction of sp³-hybridized carbons (Fsp3) is 0.400. The molecule has 5 nitrogen and oxygen atoms in total. The lowest BCUT2D eigenvalue weighted by molar-refractivity contribution is 0.477. The summed E-state index contributed by atoms with van der Waals surface area (Å²) in [7, 11) is 1.72. The molecule has 2 aromatic rings. The predicted molar refractivity (Wildman–Crippen MR) is 82.5 cm³/mol. The van der Waals surface area contributed by atoms with Crippen molar-refractivity contribution in [1.82, 2.24) is 14.3 Å². The SMILES string of the molecule is Cn1c(-c2cccc(Br)c2)nn(CCC2(C#N)CC2)c1=O. The second kappa shape index (κ2) is 5.15. The molecule has 1 fully saturated rings. The first-order valence-electron chi connectivity index (χ1n) is 6.86. The van der Waals surface area contributed by atoms with Gasteiger partial charge in [-0.1, -0.05) is 28.1 Å². The second-order valence-electron chi connectivity index (χ2n) is 5.54. The molecule has 0 bridgehead atoms. The Morgan fingerprint density at radius 3 is 2.86 bits per heavy atom. The number of hydrogen-bond acceptors (Lipinski definition) is 3. The number of nitriles is 1. The second-order valence-corrected chi connectivity index (χ2v) is 6.46. The molecule has 1 saturated carbocycles. The summed E-state index contributed by atoms with van der Waals surface area (Å²) >= 11 is 3.43. The smallest absolute Gasteiger partial charge is 0.278 e. The van der Waals surface area contributed by atoms with Gasteiger partial charge in [0.2, 0.25) is 0 Å². The summed E-state index contributed by atoms with van der Waals surface area (Å²) < 4.78 is 3.96. The van der Waals surface area contributed by atoms with E-state index in [9.17, 15) is 4.79 Å². The van der Waals surface area contributed by atoms with Crippen molar-refractivity contribution in [1.29, 1.82) is 5.26 Å². The fourth-order valence-electron chi connectivity index (χ4n) is 2.40. The molecule has 3 rings (SSSR count). The van der Waals surface area contributed by atoms with Gasteiger partial charge in [-0.2, -0.15) is 5.26 Å². The zero-order chi connectivity index (χ0) is 15.0. The first kappa shape index (κ1) is 14.1. The Hall–Kier alpha value is -1.87. The topological polar surface area (TPSA) is 63.6 Å². The zero-order valence-corrected chi connectivity index (χ0v) is 13.3. The van der Waals surface area contributed by atoms with Gasteiger partial charge in [0.1, 0.15) is 0 Å². The number of aromatic nitrogens is 3. The number of aryl methyl sites for hydroxylation is 1. The van der Waals surface area contributed by atoms with Gasteiger partial charge in [0.15, 0.2) is 5.82 Å². The summed E-state index contributed by atoms with van der Waals surface area (Å²) in [4.78, 5) is 12.2. The molecule has 1 heterocycles. The summed E-state index contributed by atoms with van der Waals surface area (Å²) in [5, 5.41) is 13.5. The molecule has 1 aromatic carbocycles. The molecular formula is C15H15BrN4O. The lowest BCUT2D eigenvalue weighted by atomic mass is 10.1. The Morgan fingerprint density at radius 2 is 2.24 bits per heavy atom. The lowest BCUT2D eigenvalue weighted by Gasteiger charge is -2.03. The summed E-state index contributed by atoms with van der Waals surface area (Å²) in [5.74, 6) is 0.642. The van der Waals surface area contributed by atoms with Crippen molar-refractivity contribution in [3.8, 4) is 17.5 Å². The molecule has 6 heteroatoms. The Bertz CT molecular complexity index is 780. The van der Waals surface area contributed by atoms with Crippen LogP contribution in [0.5, 0.6) is 0 Å². The summed E-state index contributed by atoms with van der Waals surface area (Å²) in [6, 6.07) is 10.1. The van der Waals surface area contributed by atoms with Crippen molar-refractivity contribution in [3.63, 3.8) is 0 Å². The zero-order valence-electron chi connectivity index (χ0n) is 11.7.